The molecule has 4 fully saturated rings. The number of amides is 5. The molecule has 42 nitrogen and oxygen atoms in total. The molecule has 12 heterocycles. The van der Waals surface area contributed by atoms with Crippen LogP contribution in [0.15, 0.2) is 225 Å². The monoisotopic (exact) mass is 2030 g/mol. The van der Waals surface area contributed by atoms with Crippen LogP contribution in [0.5, 0.6) is 23.0 Å². The van der Waals surface area contributed by atoms with Crippen molar-refractivity contribution < 1.29 is 80.9 Å². The van der Waals surface area contributed by atoms with Gasteiger partial charge in [-0.25, -0.2) is 57.4 Å². The number of benzene rings is 6. The number of aryl methyl sites for hydroxylation is 1. The molecule has 6 aromatic carbocycles. The Morgan fingerprint density at radius 1 is 0.333 bits per heavy atom. The number of hydrogen-bond acceptors (Lipinski definition) is 37. The number of hydrazine groups is 4. The highest BCUT2D eigenvalue weighted by Gasteiger charge is 2.26. The third kappa shape index (κ3) is 30.4. The summed E-state index contributed by atoms with van der Waals surface area (Å²) < 4.78 is 77.8. The molecule has 0 atom stereocenters. The van der Waals surface area contributed by atoms with Crippen LogP contribution in [0.1, 0.15) is 100 Å². The number of halogens is 5. The second kappa shape index (κ2) is 51.3. The third-order valence-electron chi connectivity index (χ3n) is 22.1. The Morgan fingerprint density at radius 2 is 0.646 bits per heavy atom. The Labute approximate surface area is 843 Å². The molecule has 4 aliphatic heterocycles. The summed E-state index contributed by atoms with van der Waals surface area (Å²) in [5.74, 6) is -3.19. The number of ether oxygens (including phenoxy) is 4. The first-order valence-electron chi connectivity index (χ1n) is 46.4. The lowest BCUT2D eigenvalue weighted by Crippen LogP contribution is -2.38. The summed E-state index contributed by atoms with van der Waals surface area (Å²) in [6.07, 6.45) is 13.2. The van der Waals surface area contributed by atoms with Gasteiger partial charge in [0.1, 0.15) is 45.8 Å². The van der Waals surface area contributed by atoms with E-state index in [-0.39, 0.29) is 98.7 Å². The summed E-state index contributed by atoms with van der Waals surface area (Å²) in [7, 11) is 0. The van der Waals surface area contributed by atoms with Crippen LogP contribution in [0.3, 0.4) is 0 Å². The minimum atomic E-state index is -0.553. The van der Waals surface area contributed by atoms with Gasteiger partial charge in [-0.1, -0.05) is 55.3 Å². The molecule has 0 radical (unpaired) electrons. The molecular weight excluding hydrogens is 1930 g/mol. The van der Waals surface area contributed by atoms with Crippen molar-refractivity contribution in [3.05, 3.63) is 310 Å². The Balaban J connectivity index is 0.000000147. The van der Waals surface area contributed by atoms with Gasteiger partial charge in [0.05, 0.1) is 125 Å². The van der Waals surface area contributed by atoms with E-state index < -0.39 is 46.9 Å². The molecule has 18 rings (SSSR count). The summed E-state index contributed by atoms with van der Waals surface area (Å²) in [4.78, 5) is 118. The van der Waals surface area contributed by atoms with Gasteiger partial charge in [0.25, 0.3) is 29.5 Å². The first-order chi connectivity index (χ1) is 71.4. The highest BCUT2D eigenvalue weighted by molar-refractivity contribution is 6.30. The average Bonchev–Trinajstić information content (AvgIpc) is 0.835. The predicted octanol–water partition coefficient (Wildman–Crippen LogP) is 12.8. The number of phenols is 4. The molecule has 4 saturated heterocycles. The van der Waals surface area contributed by atoms with Crippen molar-refractivity contribution in [3.8, 4) is 23.0 Å². The second-order valence-electron chi connectivity index (χ2n) is 32.9. The average molecular weight is 2030 g/mol. The van der Waals surface area contributed by atoms with E-state index in [0.717, 1.165) is 82.5 Å². The Morgan fingerprint density at radius 3 is 0.959 bits per heavy atom. The van der Waals surface area contributed by atoms with Gasteiger partial charge in [-0.05, 0) is 187 Å². The van der Waals surface area contributed by atoms with Crippen LogP contribution in [-0.2, 0) is 38.2 Å². The van der Waals surface area contributed by atoms with Gasteiger partial charge in [-0.15, -0.1) is 0 Å². The van der Waals surface area contributed by atoms with E-state index in [4.69, 9.17) is 30.5 Å². The maximum atomic E-state index is 14.2. The minimum absolute atomic E-state index is 0.00705. The summed E-state index contributed by atoms with van der Waals surface area (Å²) >= 11 is 6.05. The number of nitrogens with one attached hydrogen (secondary N) is 13. The smallest absolute Gasteiger partial charge is 0.288 e. The van der Waals surface area contributed by atoms with Gasteiger partial charge in [-0.3, -0.25) is 67.4 Å². The largest absolute Gasteiger partial charge is 0.508 e. The minimum Gasteiger partial charge on any atom is -0.508 e. The van der Waals surface area contributed by atoms with E-state index in [9.17, 15) is 62.0 Å². The maximum Gasteiger partial charge on any atom is 0.288 e. The Hall–Kier alpha value is -17.8. The zero-order valence-electron chi connectivity index (χ0n) is 79.2. The number of hydrogen-bond donors (Lipinski definition) is 17. The molecule has 8 aromatic heterocycles. The van der Waals surface area contributed by atoms with Crippen molar-refractivity contribution in [3.63, 3.8) is 0 Å². The molecule has 760 valence electrons. The van der Waals surface area contributed by atoms with Gasteiger partial charge in [0, 0.05) is 104 Å². The van der Waals surface area contributed by atoms with Gasteiger partial charge < -0.3 is 85.6 Å². The van der Waals surface area contributed by atoms with Crippen LogP contribution in [0.25, 0.3) is 0 Å². The standard InChI is InChI=1S/C27H25ClFN7O3.C27H26FN7O4.C23H25FN8O3.C23H26FN7O3/c28-19-11-18(13-22(37)14-19)10-17-2-1-3-20(12-17)32-21-4-5-24(30-15-21)26(38)34-35-27-31-16-23(29)25(33-27)36-6-8-39-9-7-36;28-23-16-30-27(32-25(23)35-6-8-39-9-7-35)34-33-26(38)24-5-4-20(15-29-24)31-19-3-1-2-17(11-19)10-18-12-21(36)14-22(37)13-18;1-2-25-21(33)15-3-5-16(6-4-15)28-17-7-8-19(26-13-17)22(34)30-31-23-27-14-18(24)20(29-23)32-9-11-35-12-10-32;1-2-3-15-4-5-16(12-20(15)32)27-17-6-7-19(25-13-17)22(33)29-30-23-26-14-18(24)21(28-23)31-8-10-34-11-9-31/h1-5,11-16,32,37H,6-10H2,(H,34,38)(H,31,33,35);1-5,11-16,31,36-37H,6-10H2,(H,33,38)(H,30,32,34);3-8,13-14,28H,2,9-12H2,1H3,(H,25,33)(H,30,34)(H,27,29,31);4-7,12-14,27,32H,2-3,8-11H2,1H3,(H,29,33)(H,26,28,30). The zero-order chi connectivity index (χ0) is 103. The number of pyridine rings is 4. The first kappa shape index (κ1) is 104. The van der Waals surface area contributed by atoms with E-state index in [1.807, 2.05) is 73.7 Å². The SMILES string of the molecule is CCCc1ccc(Nc2ccc(C(=O)NNc3ncc(F)c(N4CCOCC4)n3)nc2)cc1O.CCNC(=O)c1ccc(Nc2ccc(C(=O)NNc3ncc(F)c(N4CCOCC4)n3)nc2)cc1.O=C(NNc1ncc(F)c(N2CCOCC2)n1)c1ccc(Nc2cccc(Cc3cc(O)cc(Cl)c3)c2)cn1.O=C(NNc1ncc(F)c(N2CCOCC2)n1)c1ccc(Nc2cccc(Cc3cc(O)cc(O)c3)c2)cn1. The van der Waals surface area contributed by atoms with Crippen LogP contribution in [0.2, 0.25) is 5.02 Å². The number of nitrogens with zero attached hydrogens (tertiary/aromatic N) is 16. The van der Waals surface area contributed by atoms with E-state index >= 15 is 0 Å². The number of aromatic nitrogens is 12. The number of phenolic OH excluding ortho intramolecular Hbond substituents is 4. The first-order valence-corrected chi connectivity index (χ1v) is 46.8. The van der Waals surface area contributed by atoms with Crippen LogP contribution < -0.4 is 89.6 Å². The molecule has 0 aliphatic carbocycles. The van der Waals surface area contributed by atoms with Crippen molar-refractivity contribution in [2.24, 2.45) is 0 Å². The molecule has 147 heavy (non-hydrogen) atoms. The van der Waals surface area contributed by atoms with Crippen molar-refractivity contribution >= 4 is 134 Å². The number of carbonyl (C=O) groups is 5. The zero-order valence-corrected chi connectivity index (χ0v) is 80.0. The van der Waals surface area contributed by atoms with E-state index in [0.29, 0.717) is 164 Å². The highest BCUT2D eigenvalue weighted by Crippen LogP contribution is 2.32. The van der Waals surface area contributed by atoms with Gasteiger partial charge in [-0.2, -0.15) is 19.9 Å². The maximum absolute atomic E-state index is 14.2. The third-order valence-corrected chi connectivity index (χ3v) is 22.3. The quantitative estimate of drug-likeness (QED) is 0.0137. The molecule has 4 aliphatic rings. The molecule has 5 amide bonds. The summed E-state index contributed by atoms with van der Waals surface area (Å²) in [5, 5.41) is 55.4. The summed E-state index contributed by atoms with van der Waals surface area (Å²) in [6, 6.07) is 50.4. The number of carbonyl (C=O) groups excluding carboxylic acids is 5. The van der Waals surface area contributed by atoms with Crippen LogP contribution in [0, 0.1) is 23.3 Å². The van der Waals surface area contributed by atoms with E-state index in [1.54, 1.807) is 123 Å². The summed E-state index contributed by atoms with van der Waals surface area (Å²) in [6.45, 7) is 12.5. The molecule has 17 N–H and O–H groups in total. The lowest BCUT2D eigenvalue weighted by Gasteiger charge is -2.28. The molecule has 0 saturated carbocycles. The molecule has 0 unspecified atom stereocenters. The van der Waals surface area contributed by atoms with Gasteiger partial charge in [0.2, 0.25) is 23.8 Å². The number of anilines is 16. The molecular formula is C100H102ClF4N29O13. The predicted molar refractivity (Wildman–Crippen MR) is 542 cm³/mol. The second-order valence-corrected chi connectivity index (χ2v) is 33.3. The molecule has 14 aromatic rings. The fourth-order valence-electron chi connectivity index (χ4n) is 15.0. The summed E-state index contributed by atoms with van der Waals surface area (Å²) in [5.41, 5.74) is 31.9. The molecule has 0 bridgehead atoms. The Kier molecular flexibility index (Phi) is 36.1. The Bertz CT molecular complexity index is 6590. The van der Waals surface area contributed by atoms with E-state index in [1.165, 1.54) is 30.7 Å². The van der Waals surface area contributed by atoms with E-state index in [2.05, 4.69) is 137 Å². The van der Waals surface area contributed by atoms with Crippen LogP contribution in [-0.4, -0.2) is 222 Å². The fourth-order valence-corrected chi connectivity index (χ4v) is 15.3. The van der Waals surface area contributed by atoms with Crippen molar-refractivity contribution in [1.82, 2.24) is 86.8 Å². The number of aromatic hydroxyl groups is 4. The molecule has 0 spiro atoms. The molecule has 47 heteroatoms. The van der Waals surface area contributed by atoms with Gasteiger partial charge in [0.15, 0.2) is 46.5 Å². The van der Waals surface area contributed by atoms with Gasteiger partial charge >= 0.3 is 0 Å². The van der Waals surface area contributed by atoms with Crippen molar-refractivity contribution in [2.75, 3.05) is 174 Å². The highest BCUT2D eigenvalue weighted by atomic mass is 35.5. The lowest BCUT2D eigenvalue weighted by atomic mass is 10.0. The van der Waals surface area contributed by atoms with Crippen LogP contribution >= 0.6 is 11.6 Å². The number of rotatable bonds is 32. The van der Waals surface area contributed by atoms with Crippen LogP contribution in [0.4, 0.5) is 110 Å². The lowest BCUT2D eigenvalue weighted by molar-refractivity contribution is 0.0948. The van der Waals surface area contributed by atoms with Crippen molar-refractivity contribution in [2.45, 2.75) is 39.5 Å². The fraction of sp³-hybridized carbons (Fsp3) is 0.230. The number of morpholine rings is 4. The normalized spacial score (nSPS) is 13.2. The topological polar surface area (TPSA) is 527 Å². The van der Waals surface area contributed by atoms with Crippen molar-refractivity contribution in [1.29, 1.82) is 0 Å².